The Morgan fingerprint density at radius 3 is 2.61 bits per heavy atom. The number of fused-ring (bicyclic) bond motifs is 1. The van der Waals surface area contributed by atoms with Gasteiger partial charge in [-0.1, -0.05) is 34.8 Å². The fraction of sp³-hybridized carbons (Fsp3) is 0.0556. The summed E-state index contributed by atoms with van der Waals surface area (Å²) < 4.78 is 12.7. The van der Waals surface area contributed by atoms with Crippen molar-refractivity contribution < 1.29 is 19.1 Å². The van der Waals surface area contributed by atoms with E-state index in [-0.39, 0.29) is 33.2 Å². The summed E-state index contributed by atoms with van der Waals surface area (Å²) in [5.41, 5.74) is 0.967. The van der Waals surface area contributed by atoms with Gasteiger partial charge in [0, 0.05) is 20.9 Å². The van der Waals surface area contributed by atoms with E-state index in [0.717, 1.165) is 15.6 Å². The zero-order chi connectivity index (χ0) is 20.5. The van der Waals surface area contributed by atoms with Crippen LogP contribution in [0.2, 0.25) is 15.1 Å². The highest BCUT2D eigenvalue weighted by Gasteiger charge is 2.24. The van der Waals surface area contributed by atoms with E-state index in [1.165, 1.54) is 35.7 Å². The second-order valence-electron chi connectivity index (χ2n) is 5.85. The number of amides is 1. The van der Waals surface area contributed by atoms with Crippen LogP contribution in [0.5, 0.6) is 0 Å². The van der Waals surface area contributed by atoms with Gasteiger partial charge in [0.2, 0.25) is 5.91 Å². The van der Waals surface area contributed by atoms with Gasteiger partial charge in [0.05, 0.1) is 16.7 Å². The molecule has 3 aromatic rings. The van der Waals surface area contributed by atoms with Crippen LogP contribution in [-0.2, 0) is 15.8 Å². The number of hydrogen-bond donors (Lipinski definition) is 3. The largest absolute Gasteiger partial charge is 0.358 e. The average molecular weight is 477 g/mol. The Labute approximate surface area is 179 Å². The highest BCUT2D eigenvalue weighted by molar-refractivity contribution is 7.60. The van der Waals surface area contributed by atoms with Gasteiger partial charge >= 0.3 is 7.60 Å². The molecule has 0 aliphatic carbocycles. The molecule has 0 bridgehead atoms. The standard InChI is InChI=1S/C18H13Cl3NO4PS/c19-12-1-2-16-14(7-12)11(9-28-16)6-17(23)22-4-3-10-5-13(20)8-15(21)18(10)27(24,25)26/h1-5,7-9H,6H2,(H,22,23)(H2,24,25,26). The van der Waals surface area contributed by atoms with Crippen molar-refractivity contribution in [3.05, 3.63) is 68.1 Å². The molecular weight excluding hydrogens is 464 g/mol. The van der Waals surface area contributed by atoms with Crippen molar-refractivity contribution in [2.24, 2.45) is 0 Å². The summed E-state index contributed by atoms with van der Waals surface area (Å²) in [7, 11) is -4.62. The molecule has 0 unspecified atom stereocenters. The van der Waals surface area contributed by atoms with Crippen molar-refractivity contribution in [3.63, 3.8) is 0 Å². The molecule has 10 heteroatoms. The van der Waals surface area contributed by atoms with E-state index in [4.69, 9.17) is 34.8 Å². The second kappa shape index (κ2) is 8.56. The number of carbonyl (C=O) groups excluding carboxylic acids is 1. The van der Waals surface area contributed by atoms with Crippen LogP contribution >= 0.6 is 53.7 Å². The fourth-order valence-electron chi connectivity index (χ4n) is 2.66. The minimum Gasteiger partial charge on any atom is -0.332 e. The van der Waals surface area contributed by atoms with Gasteiger partial charge in [-0.2, -0.15) is 0 Å². The predicted octanol–water partition coefficient (Wildman–Crippen LogP) is 4.99. The monoisotopic (exact) mass is 475 g/mol. The van der Waals surface area contributed by atoms with Crippen LogP contribution in [0.4, 0.5) is 0 Å². The van der Waals surface area contributed by atoms with Crippen LogP contribution in [0.25, 0.3) is 16.2 Å². The normalized spacial score (nSPS) is 12.0. The third-order valence-electron chi connectivity index (χ3n) is 3.82. The number of rotatable bonds is 5. The van der Waals surface area contributed by atoms with Gasteiger partial charge in [0.15, 0.2) is 0 Å². The molecule has 3 N–H and O–H groups in total. The number of benzene rings is 2. The summed E-state index contributed by atoms with van der Waals surface area (Å²) in [6.07, 6.45) is 2.77. The molecule has 0 fully saturated rings. The van der Waals surface area contributed by atoms with Gasteiger partial charge in [-0.05, 0) is 58.3 Å². The molecule has 28 heavy (non-hydrogen) atoms. The molecule has 3 rings (SSSR count). The molecule has 0 atom stereocenters. The lowest BCUT2D eigenvalue weighted by molar-refractivity contribution is -0.119. The highest BCUT2D eigenvalue weighted by atomic mass is 35.5. The van der Waals surface area contributed by atoms with E-state index in [1.807, 2.05) is 17.5 Å². The van der Waals surface area contributed by atoms with Gasteiger partial charge in [-0.3, -0.25) is 9.36 Å². The summed E-state index contributed by atoms with van der Waals surface area (Å²) in [5, 5.41) is 5.71. The third-order valence-corrected chi connectivity index (χ3v) is 6.80. The van der Waals surface area contributed by atoms with Crippen molar-refractivity contribution in [2.45, 2.75) is 6.42 Å². The number of halogens is 3. The number of nitrogens with one attached hydrogen (secondary N) is 1. The SMILES string of the molecule is O=C(Cc1csc2ccc(Cl)cc12)NC=Cc1cc(Cl)cc(Cl)c1P(=O)(O)O. The molecule has 1 aromatic heterocycles. The van der Waals surface area contributed by atoms with Crippen LogP contribution in [-0.4, -0.2) is 15.7 Å². The van der Waals surface area contributed by atoms with E-state index >= 15 is 0 Å². The van der Waals surface area contributed by atoms with Gasteiger partial charge < -0.3 is 15.1 Å². The Balaban J connectivity index is 1.77. The van der Waals surface area contributed by atoms with Crippen molar-refractivity contribution in [2.75, 3.05) is 0 Å². The molecule has 0 aliphatic heterocycles. The van der Waals surface area contributed by atoms with Crippen molar-refractivity contribution in [1.82, 2.24) is 5.32 Å². The van der Waals surface area contributed by atoms with Crippen molar-refractivity contribution in [3.8, 4) is 0 Å². The summed E-state index contributed by atoms with van der Waals surface area (Å²) in [4.78, 5) is 31.2. The molecule has 5 nitrogen and oxygen atoms in total. The summed E-state index contributed by atoms with van der Waals surface area (Å²) in [5.74, 6) is -0.290. The number of thiophene rings is 1. The molecular formula is C18H13Cl3NO4PS. The van der Waals surface area contributed by atoms with Crippen LogP contribution in [0.15, 0.2) is 41.9 Å². The van der Waals surface area contributed by atoms with E-state index in [1.54, 1.807) is 6.07 Å². The van der Waals surface area contributed by atoms with Gasteiger partial charge in [-0.25, -0.2) is 0 Å². The molecule has 0 spiro atoms. The minimum absolute atomic E-state index is 0.124. The molecule has 146 valence electrons. The molecule has 0 radical (unpaired) electrons. The van der Waals surface area contributed by atoms with Crippen LogP contribution in [0, 0.1) is 0 Å². The van der Waals surface area contributed by atoms with E-state index in [2.05, 4.69) is 5.32 Å². The Bertz CT molecular complexity index is 1140. The maximum Gasteiger partial charge on any atom is 0.358 e. The Kier molecular flexibility index (Phi) is 6.52. The van der Waals surface area contributed by atoms with E-state index < -0.39 is 7.60 Å². The average Bonchev–Trinajstić information content (AvgIpc) is 2.95. The third kappa shape index (κ3) is 4.97. The maximum absolute atomic E-state index is 12.2. The van der Waals surface area contributed by atoms with Crippen molar-refractivity contribution >= 4 is 81.1 Å². The Morgan fingerprint density at radius 1 is 1.14 bits per heavy atom. The molecule has 1 heterocycles. The first-order valence-corrected chi connectivity index (χ1v) is 11.4. The molecule has 2 aromatic carbocycles. The fourth-order valence-corrected chi connectivity index (χ4v) is 5.43. The lowest BCUT2D eigenvalue weighted by atomic mass is 10.1. The minimum atomic E-state index is -4.62. The number of hydrogen-bond acceptors (Lipinski definition) is 3. The molecule has 1 amide bonds. The van der Waals surface area contributed by atoms with E-state index in [9.17, 15) is 19.1 Å². The summed E-state index contributed by atoms with van der Waals surface area (Å²) >= 11 is 19.4. The number of carbonyl (C=O) groups is 1. The zero-order valence-electron chi connectivity index (χ0n) is 14.0. The van der Waals surface area contributed by atoms with Crippen LogP contribution in [0.3, 0.4) is 0 Å². The first-order chi connectivity index (χ1) is 13.1. The first-order valence-electron chi connectivity index (χ1n) is 7.82. The van der Waals surface area contributed by atoms with Crippen molar-refractivity contribution in [1.29, 1.82) is 0 Å². The second-order valence-corrected chi connectivity index (χ2v) is 9.58. The summed E-state index contributed by atoms with van der Waals surface area (Å²) in [6.45, 7) is 0. The Morgan fingerprint density at radius 2 is 1.89 bits per heavy atom. The predicted molar refractivity (Wildman–Crippen MR) is 116 cm³/mol. The lowest BCUT2D eigenvalue weighted by Crippen LogP contribution is -2.19. The quantitative estimate of drug-likeness (QED) is 0.453. The van der Waals surface area contributed by atoms with E-state index in [0.29, 0.717) is 5.02 Å². The van der Waals surface area contributed by atoms with Crippen LogP contribution < -0.4 is 10.6 Å². The van der Waals surface area contributed by atoms with Crippen LogP contribution in [0.1, 0.15) is 11.1 Å². The maximum atomic E-state index is 12.2. The lowest BCUT2D eigenvalue weighted by Gasteiger charge is -2.11. The summed E-state index contributed by atoms with van der Waals surface area (Å²) in [6, 6.07) is 8.11. The molecule has 0 aliphatic rings. The van der Waals surface area contributed by atoms with Gasteiger partial charge in [0.1, 0.15) is 0 Å². The molecule has 0 saturated heterocycles. The first kappa shape index (κ1) is 21.3. The van der Waals surface area contributed by atoms with Gasteiger partial charge in [0.25, 0.3) is 0 Å². The molecule has 0 saturated carbocycles. The zero-order valence-corrected chi connectivity index (χ0v) is 18.0. The topological polar surface area (TPSA) is 86.6 Å². The Hall–Kier alpha value is -1.37. The smallest absolute Gasteiger partial charge is 0.332 e. The van der Waals surface area contributed by atoms with Gasteiger partial charge in [-0.15, -0.1) is 11.3 Å². The highest BCUT2D eigenvalue weighted by Crippen LogP contribution is 2.39.